The lowest BCUT2D eigenvalue weighted by Gasteiger charge is -2.04. The van der Waals surface area contributed by atoms with Gasteiger partial charge in [0.2, 0.25) is 11.1 Å². The van der Waals surface area contributed by atoms with E-state index in [1.807, 2.05) is 0 Å². The summed E-state index contributed by atoms with van der Waals surface area (Å²) in [5, 5.41) is 10.0. The first-order chi connectivity index (χ1) is 10.7. The molecule has 0 saturated carbocycles. The molecule has 1 aromatic carbocycles. The Labute approximate surface area is 130 Å². The van der Waals surface area contributed by atoms with E-state index in [0.717, 1.165) is 19.4 Å². The van der Waals surface area contributed by atoms with Crippen molar-refractivity contribution in [1.29, 1.82) is 0 Å². The van der Waals surface area contributed by atoms with Crippen molar-refractivity contribution in [1.82, 2.24) is 15.2 Å². The van der Waals surface area contributed by atoms with Crippen molar-refractivity contribution in [2.24, 2.45) is 0 Å². The van der Waals surface area contributed by atoms with E-state index < -0.39 is 0 Å². The van der Waals surface area contributed by atoms with Crippen molar-refractivity contribution in [3.05, 3.63) is 35.9 Å². The van der Waals surface area contributed by atoms with E-state index >= 15 is 0 Å². The molecule has 1 fully saturated rings. The maximum absolute atomic E-state index is 13.0. The number of nitrogens with zero attached hydrogens (tertiary/aromatic N) is 2. The zero-order chi connectivity index (χ0) is 15.4. The van der Waals surface area contributed by atoms with Crippen molar-refractivity contribution in [2.75, 3.05) is 17.7 Å². The number of nitrogens with one attached hydrogen (secondary N) is 2. The van der Waals surface area contributed by atoms with Gasteiger partial charge in [0.15, 0.2) is 5.82 Å². The summed E-state index contributed by atoms with van der Waals surface area (Å²) in [6.45, 7) is 0.740. The van der Waals surface area contributed by atoms with Gasteiger partial charge in [-0.05, 0) is 31.0 Å². The van der Waals surface area contributed by atoms with Gasteiger partial charge in [-0.15, -0.1) is 5.10 Å². The minimum atomic E-state index is -0.388. The molecule has 0 aliphatic carbocycles. The topological polar surface area (TPSA) is 79.9 Å². The third kappa shape index (κ3) is 3.83. The monoisotopic (exact) mass is 322 g/mol. The van der Waals surface area contributed by atoms with E-state index in [1.165, 1.54) is 23.9 Å². The van der Waals surface area contributed by atoms with Crippen molar-refractivity contribution >= 4 is 23.4 Å². The molecular formula is C14H15FN4O2S. The second kappa shape index (κ2) is 6.89. The summed E-state index contributed by atoms with van der Waals surface area (Å²) < 4.78 is 18.5. The largest absolute Gasteiger partial charge is 0.370 e. The number of halogens is 1. The van der Waals surface area contributed by atoms with E-state index in [9.17, 15) is 9.18 Å². The van der Waals surface area contributed by atoms with E-state index in [0.29, 0.717) is 16.7 Å². The quantitative estimate of drug-likeness (QED) is 0.827. The van der Waals surface area contributed by atoms with Gasteiger partial charge in [0, 0.05) is 12.3 Å². The Morgan fingerprint density at radius 1 is 1.55 bits per heavy atom. The van der Waals surface area contributed by atoms with Crippen molar-refractivity contribution in [3.63, 3.8) is 0 Å². The van der Waals surface area contributed by atoms with Gasteiger partial charge in [-0.1, -0.05) is 17.8 Å². The van der Waals surface area contributed by atoms with Crippen LogP contribution in [0, 0.1) is 5.82 Å². The lowest BCUT2D eigenvalue weighted by Crippen LogP contribution is -2.14. The highest BCUT2D eigenvalue weighted by Gasteiger charge is 2.21. The Morgan fingerprint density at radius 2 is 2.45 bits per heavy atom. The lowest BCUT2D eigenvalue weighted by molar-refractivity contribution is -0.113. The highest BCUT2D eigenvalue weighted by Crippen LogP contribution is 2.26. The van der Waals surface area contributed by atoms with Crippen LogP contribution in [0.15, 0.2) is 29.4 Å². The van der Waals surface area contributed by atoms with Gasteiger partial charge in [0.25, 0.3) is 0 Å². The predicted molar refractivity (Wildman–Crippen MR) is 80.1 cm³/mol. The SMILES string of the molecule is O=C(CSc1n[nH]c([C@H]2CCCO2)n1)Nc1cccc(F)c1. The molecule has 1 aliphatic rings. The summed E-state index contributed by atoms with van der Waals surface area (Å²) in [6, 6.07) is 5.77. The van der Waals surface area contributed by atoms with Crippen molar-refractivity contribution in [2.45, 2.75) is 24.1 Å². The lowest BCUT2D eigenvalue weighted by atomic mass is 10.2. The normalized spacial score (nSPS) is 17.6. The molecule has 6 nitrogen and oxygen atoms in total. The Morgan fingerprint density at radius 3 is 3.23 bits per heavy atom. The van der Waals surface area contributed by atoms with Crippen LogP contribution in [-0.2, 0) is 9.53 Å². The van der Waals surface area contributed by atoms with Crippen LogP contribution in [0.1, 0.15) is 24.8 Å². The molecule has 1 atom stereocenters. The van der Waals surface area contributed by atoms with E-state index in [1.54, 1.807) is 12.1 Å². The molecule has 0 radical (unpaired) electrons. The van der Waals surface area contributed by atoms with Crippen LogP contribution in [-0.4, -0.2) is 33.4 Å². The fourth-order valence-corrected chi connectivity index (χ4v) is 2.76. The van der Waals surface area contributed by atoms with Gasteiger partial charge in [-0.2, -0.15) is 0 Å². The Balaban J connectivity index is 1.50. The van der Waals surface area contributed by atoms with Crippen LogP contribution < -0.4 is 5.32 Å². The minimum absolute atomic E-state index is 0.0250. The number of amides is 1. The standard InChI is InChI=1S/C14H15FN4O2S/c15-9-3-1-4-10(7-9)16-12(20)8-22-14-17-13(18-19-14)11-5-2-6-21-11/h1,3-4,7,11H,2,5-6,8H2,(H,16,20)(H,17,18,19)/t11-/m1/s1. The molecule has 2 heterocycles. The average molecular weight is 322 g/mol. The fraction of sp³-hybridized carbons (Fsp3) is 0.357. The molecule has 22 heavy (non-hydrogen) atoms. The Kier molecular flexibility index (Phi) is 4.69. The number of hydrogen-bond acceptors (Lipinski definition) is 5. The number of rotatable bonds is 5. The van der Waals surface area contributed by atoms with Crippen LogP contribution in [0.4, 0.5) is 10.1 Å². The molecule has 1 aliphatic heterocycles. The Bertz CT molecular complexity index is 658. The van der Waals surface area contributed by atoms with Gasteiger partial charge in [-0.25, -0.2) is 9.37 Å². The van der Waals surface area contributed by atoms with Crippen molar-refractivity contribution < 1.29 is 13.9 Å². The summed E-state index contributed by atoms with van der Waals surface area (Å²) in [5.41, 5.74) is 0.431. The van der Waals surface area contributed by atoms with Crippen LogP contribution in [0.5, 0.6) is 0 Å². The molecule has 1 aromatic heterocycles. The number of anilines is 1. The second-order valence-corrected chi connectivity index (χ2v) is 5.79. The van der Waals surface area contributed by atoms with Crippen LogP contribution in [0.2, 0.25) is 0 Å². The number of carbonyl (C=O) groups excluding carboxylic acids is 1. The first kappa shape index (κ1) is 15.0. The molecule has 2 aromatic rings. The van der Waals surface area contributed by atoms with Crippen LogP contribution >= 0.6 is 11.8 Å². The summed E-state index contributed by atoms with van der Waals surface area (Å²) in [5.74, 6) is 0.226. The number of carbonyl (C=O) groups is 1. The van der Waals surface area contributed by atoms with Gasteiger partial charge in [0.1, 0.15) is 11.9 Å². The third-order valence-corrected chi connectivity index (χ3v) is 4.00. The number of aromatic amines is 1. The van der Waals surface area contributed by atoms with Gasteiger partial charge < -0.3 is 10.1 Å². The molecule has 3 rings (SSSR count). The van der Waals surface area contributed by atoms with E-state index in [2.05, 4.69) is 20.5 Å². The van der Waals surface area contributed by atoms with Crippen LogP contribution in [0.3, 0.4) is 0 Å². The molecule has 8 heteroatoms. The number of hydrogen-bond donors (Lipinski definition) is 2. The first-order valence-electron chi connectivity index (χ1n) is 6.93. The molecule has 0 bridgehead atoms. The molecule has 0 unspecified atom stereocenters. The van der Waals surface area contributed by atoms with Gasteiger partial charge in [-0.3, -0.25) is 9.89 Å². The van der Waals surface area contributed by atoms with E-state index in [-0.39, 0.29) is 23.6 Å². The minimum Gasteiger partial charge on any atom is -0.370 e. The molecular weight excluding hydrogens is 307 g/mol. The van der Waals surface area contributed by atoms with Gasteiger partial charge >= 0.3 is 0 Å². The maximum Gasteiger partial charge on any atom is 0.234 e. The number of benzene rings is 1. The van der Waals surface area contributed by atoms with Crippen molar-refractivity contribution in [3.8, 4) is 0 Å². The van der Waals surface area contributed by atoms with Gasteiger partial charge in [0.05, 0.1) is 5.75 Å². The molecule has 0 spiro atoms. The maximum atomic E-state index is 13.0. The zero-order valence-electron chi connectivity index (χ0n) is 11.7. The average Bonchev–Trinajstić information content (AvgIpc) is 3.16. The summed E-state index contributed by atoms with van der Waals surface area (Å²) in [7, 11) is 0. The number of ether oxygens (including phenoxy) is 1. The smallest absolute Gasteiger partial charge is 0.234 e. The van der Waals surface area contributed by atoms with Crippen LogP contribution in [0.25, 0.3) is 0 Å². The first-order valence-corrected chi connectivity index (χ1v) is 7.91. The van der Waals surface area contributed by atoms with E-state index in [4.69, 9.17) is 4.74 Å². The predicted octanol–water partition coefficient (Wildman–Crippen LogP) is 2.53. The summed E-state index contributed by atoms with van der Waals surface area (Å²) in [6.07, 6.45) is 1.92. The number of thioether (sulfide) groups is 1. The zero-order valence-corrected chi connectivity index (χ0v) is 12.5. The Hall–Kier alpha value is -1.93. The molecule has 116 valence electrons. The highest BCUT2D eigenvalue weighted by molar-refractivity contribution is 7.99. The summed E-state index contributed by atoms with van der Waals surface area (Å²) in [4.78, 5) is 16.1. The fourth-order valence-electron chi connectivity index (χ4n) is 2.15. The highest BCUT2D eigenvalue weighted by atomic mass is 32.2. The molecule has 1 amide bonds. The summed E-state index contributed by atoms with van der Waals surface area (Å²) >= 11 is 1.22. The molecule has 1 saturated heterocycles. The molecule has 2 N–H and O–H groups in total. The second-order valence-electron chi connectivity index (χ2n) is 4.85. The third-order valence-electron chi connectivity index (χ3n) is 3.16. The number of aromatic nitrogens is 3. The number of H-pyrrole nitrogens is 1.